The van der Waals surface area contributed by atoms with E-state index >= 15 is 0 Å². The molecule has 0 radical (unpaired) electrons. The molecule has 0 bridgehead atoms. The highest BCUT2D eigenvalue weighted by molar-refractivity contribution is 9.10. The van der Waals surface area contributed by atoms with Crippen molar-refractivity contribution in [1.29, 1.82) is 0 Å². The van der Waals surface area contributed by atoms with E-state index in [1.165, 1.54) is 18.2 Å². The summed E-state index contributed by atoms with van der Waals surface area (Å²) in [5.41, 5.74) is -0.874. The van der Waals surface area contributed by atoms with E-state index in [1.54, 1.807) is 0 Å². The van der Waals surface area contributed by atoms with E-state index in [-0.39, 0.29) is 11.5 Å². The molecule has 1 heterocycles. The molecule has 176 valence electrons. The molecular weight excluding hydrogens is 509 g/mol. The molecule has 0 spiro atoms. The molecule has 0 aromatic heterocycles. The number of benzene rings is 2. The van der Waals surface area contributed by atoms with Crippen LogP contribution < -0.4 is 14.9 Å². The van der Waals surface area contributed by atoms with Crippen LogP contribution in [0.3, 0.4) is 0 Å². The van der Waals surface area contributed by atoms with E-state index in [9.17, 15) is 26.3 Å². The Hall–Kier alpha value is -1.92. The maximum atomic E-state index is 13.5. The fourth-order valence-corrected chi connectivity index (χ4v) is 3.01. The molecule has 4 nitrogen and oxygen atoms in total. The van der Waals surface area contributed by atoms with Gasteiger partial charge in [-0.15, -0.1) is 0 Å². The van der Waals surface area contributed by atoms with Gasteiger partial charge in [-0.25, -0.2) is 8.78 Å². The van der Waals surface area contributed by atoms with E-state index in [0.29, 0.717) is 9.94 Å². The van der Waals surface area contributed by atoms with Crippen LogP contribution in [0.15, 0.2) is 40.9 Å². The topological polar surface area (TPSA) is 36.9 Å². The lowest BCUT2D eigenvalue weighted by Crippen LogP contribution is -2.41. The van der Waals surface area contributed by atoms with E-state index < -0.39 is 43.2 Å². The van der Waals surface area contributed by atoms with Gasteiger partial charge in [0, 0.05) is 16.6 Å². The molecule has 0 saturated carbocycles. The van der Waals surface area contributed by atoms with Gasteiger partial charge < -0.3 is 18.8 Å². The number of hydrogen-bond acceptors (Lipinski definition) is 4. The monoisotopic (exact) mass is 528 g/mol. The number of alkyl halides is 4. The van der Waals surface area contributed by atoms with Gasteiger partial charge >= 0.3 is 20.3 Å². The zero-order valence-corrected chi connectivity index (χ0v) is 19.1. The standard InChI is InChI=1S/C13H16BF3O3.C7H4BrF3O/c1-12(2)13(3,4)20-14(19-12)8-5-9(15)7-10(6-8)18-11(16)17;8-4-1-5(9)3-6(2-4)12-7(10)11/h5-7,11H,1-4H3;1-3,7H. The molecule has 0 aliphatic carbocycles. The first kappa shape index (κ1) is 26.3. The molecule has 12 heteroatoms. The van der Waals surface area contributed by atoms with Crippen LogP contribution in [0.1, 0.15) is 27.7 Å². The van der Waals surface area contributed by atoms with Crippen molar-refractivity contribution < 1.29 is 45.1 Å². The van der Waals surface area contributed by atoms with Crippen molar-refractivity contribution in [3.05, 3.63) is 52.5 Å². The minimum atomic E-state index is -3.01. The van der Waals surface area contributed by atoms with Crippen LogP contribution in [0.4, 0.5) is 26.3 Å². The Kier molecular flexibility index (Phi) is 8.52. The molecule has 0 atom stereocenters. The van der Waals surface area contributed by atoms with Crippen LogP contribution in [0, 0.1) is 11.6 Å². The lowest BCUT2D eigenvalue weighted by atomic mass is 9.79. The smallest absolute Gasteiger partial charge is 0.435 e. The van der Waals surface area contributed by atoms with Crippen molar-refractivity contribution in [2.24, 2.45) is 0 Å². The first-order chi connectivity index (χ1) is 14.7. The highest BCUT2D eigenvalue weighted by Gasteiger charge is 2.51. The Morgan fingerprint density at radius 2 is 1.19 bits per heavy atom. The van der Waals surface area contributed by atoms with Crippen molar-refractivity contribution in [3.63, 3.8) is 0 Å². The van der Waals surface area contributed by atoms with Crippen LogP contribution in [-0.2, 0) is 9.31 Å². The van der Waals surface area contributed by atoms with Gasteiger partial charge in [0.05, 0.1) is 11.2 Å². The minimum Gasteiger partial charge on any atom is -0.435 e. The molecule has 0 N–H and O–H groups in total. The lowest BCUT2D eigenvalue weighted by Gasteiger charge is -2.32. The van der Waals surface area contributed by atoms with Crippen LogP contribution in [0.5, 0.6) is 11.5 Å². The molecule has 2 aromatic rings. The molecular formula is C20H20BBrF6O4. The molecule has 1 aliphatic rings. The zero-order valence-electron chi connectivity index (χ0n) is 17.5. The zero-order chi connectivity index (χ0) is 24.3. The van der Waals surface area contributed by atoms with Crippen molar-refractivity contribution in [3.8, 4) is 11.5 Å². The third-order valence-electron chi connectivity index (χ3n) is 4.71. The molecule has 2 aromatic carbocycles. The summed E-state index contributed by atoms with van der Waals surface area (Å²) < 4.78 is 93.7. The second kappa shape index (κ2) is 10.3. The summed E-state index contributed by atoms with van der Waals surface area (Å²) in [6, 6.07) is 6.66. The average molecular weight is 529 g/mol. The predicted molar refractivity (Wildman–Crippen MR) is 109 cm³/mol. The van der Waals surface area contributed by atoms with E-state index in [4.69, 9.17) is 9.31 Å². The molecule has 1 saturated heterocycles. The summed E-state index contributed by atoms with van der Waals surface area (Å²) in [4.78, 5) is 0. The quantitative estimate of drug-likeness (QED) is 0.357. The van der Waals surface area contributed by atoms with Gasteiger partial charge in [0.25, 0.3) is 0 Å². The van der Waals surface area contributed by atoms with Crippen LogP contribution in [-0.4, -0.2) is 31.5 Å². The Balaban J connectivity index is 0.000000258. The van der Waals surface area contributed by atoms with Crippen LogP contribution >= 0.6 is 15.9 Å². The summed E-state index contributed by atoms with van der Waals surface area (Å²) in [7, 11) is -0.823. The van der Waals surface area contributed by atoms with Gasteiger partial charge in [-0.05, 0) is 57.4 Å². The molecule has 0 amide bonds. The normalized spacial score (nSPS) is 16.7. The Morgan fingerprint density at radius 3 is 1.62 bits per heavy atom. The highest BCUT2D eigenvalue weighted by Crippen LogP contribution is 2.36. The van der Waals surface area contributed by atoms with Crippen LogP contribution in [0.25, 0.3) is 0 Å². The summed E-state index contributed by atoms with van der Waals surface area (Å²) in [6.07, 6.45) is 0. The number of halogens is 7. The average Bonchev–Trinajstić information content (AvgIpc) is 2.80. The van der Waals surface area contributed by atoms with E-state index in [1.807, 2.05) is 27.7 Å². The van der Waals surface area contributed by atoms with Gasteiger partial charge in [-0.2, -0.15) is 17.6 Å². The van der Waals surface area contributed by atoms with Gasteiger partial charge in [0.15, 0.2) is 0 Å². The van der Waals surface area contributed by atoms with Crippen molar-refractivity contribution in [2.45, 2.75) is 52.1 Å². The SMILES string of the molecule is CC1(C)OB(c2cc(F)cc(OC(F)F)c2)OC1(C)C.Fc1cc(Br)cc(OC(F)F)c1. The van der Waals surface area contributed by atoms with Crippen LogP contribution in [0.2, 0.25) is 0 Å². The fraction of sp³-hybridized carbons (Fsp3) is 0.400. The molecule has 32 heavy (non-hydrogen) atoms. The molecule has 3 rings (SSSR count). The number of ether oxygens (including phenoxy) is 2. The maximum absolute atomic E-state index is 13.5. The third kappa shape index (κ3) is 7.31. The molecule has 1 fully saturated rings. The molecule has 0 unspecified atom stereocenters. The first-order valence-corrected chi connectivity index (χ1v) is 9.99. The summed E-state index contributed by atoms with van der Waals surface area (Å²) in [5.74, 6) is -1.77. The van der Waals surface area contributed by atoms with Gasteiger partial charge in [-0.3, -0.25) is 0 Å². The predicted octanol–water partition coefficient (Wildman–Crippen LogP) is 5.92. The summed E-state index contributed by atoms with van der Waals surface area (Å²) in [5, 5.41) is 0. The van der Waals surface area contributed by atoms with Gasteiger partial charge in [0.1, 0.15) is 23.1 Å². The van der Waals surface area contributed by atoms with E-state index in [2.05, 4.69) is 25.4 Å². The lowest BCUT2D eigenvalue weighted by molar-refractivity contribution is -0.0507. The maximum Gasteiger partial charge on any atom is 0.495 e. The highest BCUT2D eigenvalue weighted by atomic mass is 79.9. The van der Waals surface area contributed by atoms with Crippen molar-refractivity contribution in [2.75, 3.05) is 0 Å². The van der Waals surface area contributed by atoms with Crippen molar-refractivity contribution in [1.82, 2.24) is 0 Å². The molecule has 1 aliphatic heterocycles. The Labute approximate surface area is 190 Å². The van der Waals surface area contributed by atoms with Gasteiger partial charge in [-0.1, -0.05) is 15.9 Å². The largest absolute Gasteiger partial charge is 0.495 e. The second-order valence-electron chi connectivity index (χ2n) is 7.67. The number of hydrogen-bond donors (Lipinski definition) is 0. The Morgan fingerprint density at radius 1 is 0.750 bits per heavy atom. The Bertz CT molecular complexity index is 893. The summed E-state index contributed by atoms with van der Waals surface area (Å²) >= 11 is 2.94. The van der Waals surface area contributed by atoms with Crippen molar-refractivity contribution >= 4 is 28.5 Å². The van der Waals surface area contributed by atoms with E-state index in [0.717, 1.165) is 18.2 Å². The second-order valence-corrected chi connectivity index (χ2v) is 8.59. The fourth-order valence-electron chi connectivity index (χ4n) is 2.57. The number of rotatable bonds is 5. The summed E-state index contributed by atoms with van der Waals surface area (Å²) in [6.45, 7) is 1.46. The van der Waals surface area contributed by atoms with Gasteiger partial charge in [0.2, 0.25) is 0 Å². The first-order valence-electron chi connectivity index (χ1n) is 9.20. The third-order valence-corrected chi connectivity index (χ3v) is 5.16. The minimum absolute atomic E-state index is 0.197.